The lowest BCUT2D eigenvalue weighted by Gasteiger charge is -2.31. The van der Waals surface area contributed by atoms with Gasteiger partial charge in [-0.3, -0.25) is 0 Å². The fourth-order valence-electron chi connectivity index (χ4n) is 4.32. The van der Waals surface area contributed by atoms with Crippen molar-refractivity contribution in [3.63, 3.8) is 0 Å². The Morgan fingerprint density at radius 2 is 1.64 bits per heavy atom. The first-order valence-electron chi connectivity index (χ1n) is 9.10. The van der Waals surface area contributed by atoms with Crippen molar-refractivity contribution in [1.82, 2.24) is 0 Å². The summed E-state index contributed by atoms with van der Waals surface area (Å²) in [6.07, 6.45) is 2.20. The highest BCUT2D eigenvalue weighted by molar-refractivity contribution is 7.80. The molecule has 0 saturated carbocycles. The predicted octanol–water partition coefficient (Wildman–Crippen LogP) is 6.06. The SMILES string of the molecule is CC1c2c(cc(C(C)(C)C)c3ccccc23)-c2c(S)ccc[n+]2C1C. The lowest BCUT2D eigenvalue weighted by Crippen LogP contribution is -2.45. The molecule has 128 valence electrons. The molecule has 0 radical (unpaired) electrons. The molecule has 3 aromatic rings. The molecule has 2 aromatic carbocycles. The number of hydrogen-bond acceptors (Lipinski definition) is 1. The van der Waals surface area contributed by atoms with E-state index >= 15 is 0 Å². The number of hydrogen-bond donors (Lipinski definition) is 1. The van der Waals surface area contributed by atoms with Gasteiger partial charge in [0.15, 0.2) is 12.2 Å². The highest BCUT2D eigenvalue weighted by Crippen LogP contribution is 2.46. The van der Waals surface area contributed by atoms with Gasteiger partial charge in [0.2, 0.25) is 5.69 Å². The molecule has 0 aliphatic carbocycles. The molecule has 0 amide bonds. The molecule has 1 nitrogen and oxygen atoms in total. The summed E-state index contributed by atoms with van der Waals surface area (Å²) < 4.78 is 2.40. The monoisotopic (exact) mass is 348 g/mol. The van der Waals surface area contributed by atoms with Crippen molar-refractivity contribution in [2.75, 3.05) is 0 Å². The van der Waals surface area contributed by atoms with E-state index in [0.29, 0.717) is 12.0 Å². The molecule has 1 aromatic heterocycles. The number of rotatable bonds is 0. The molecular weight excluding hydrogens is 322 g/mol. The number of pyridine rings is 1. The highest BCUT2D eigenvalue weighted by Gasteiger charge is 2.38. The van der Waals surface area contributed by atoms with Crippen molar-refractivity contribution < 1.29 is 4.57 Å². The maximum atomic E-state index is 4.81. The molecule has 25 heavy (non-hydrogen) atoms. The van der Waals surface area contributed by atoms with Gasteiger partial charge in [0, 0.05) is 12.0 Å². The predicted molar refractivity (Wildman–Crippen MR) is 109 cm³/mol. The molecule has 0 saturated heterocycles. The Morgan fingerprint density at radius 1 is 0.960 bits per heavy atom. The summed E-state index contributed by atoms with van der Waals surface area (Å²) in [5.74, 6) is 0.460. The van der Waals surface area contributed by atoms with Gasteiger partial charge in [-0.05, 0) is 46.4 Å². The van der Waals surface area contributed by atoms with E-state index in [4.69, 9.17) is 12.6 Å². The molecule has 2 heteroatoms. The third kappa shape index (κ3) is 2.42. The number of thiol groups is 1. The summed E-state index contributed by atoms with van der Waals surface area (Å²) in [6.45, 7) is 11.6. The zero-order valence-electron chi connectivity index (χ0n) is 15.7. The third-order valence-electron chi connectivity index (χ3n) is 5.77. The molecule has 2 heterocycles. The Balaban J connectivity index is 2.20. The smallest absolute Gasteiger partial charge is 0.194 e. The normalized spacial score (nSPS) is 19.6. The van der Waals surface area contributed by atoms with Gasteiger partial charge in [0.1, 0.15) is 0 Å². The molecule has 0 spiro atoms. The summed E-state index contributed by atoms with van der Waals surface area (Å²) in [5.41, 5.74) is 5.57. The van der Waals surface area contributed by atoms with Crippen LogP contribution < -0.4 is 4.57 Å². The van der Waals surface area contributed by atoms with E-state index in [1.54, 1.807) is 0 Å². The first-order chi connectivity index (χ1) is 11.8. The van der Waals surface area contributed by atoms with Crippen LogP contribution in [0.15, 0.2) is 53.6 Å². The van der Waals surface area contributed by atoms with E-state index in [2.05, 4.69) is 87.8 Å². The maximum Gasteiger partial charge on any atom is 0.226 e. The third-order valence-corrected chi connectivity index (χ3v) is 6.13. The van der Waals surface area contributed by atoms with Crippen LogP contribution in [0.1, 0.15) is 57.7 Å². The zero-order chi connectivity index (χ0) is 17.9. The van der Waals surface area contributed by atoms with E-state index < -0.39 is 0 Å². The Hall–Kier alpha value is -1.80. The molecular formula is C23H26NS+. The van der Waals surface area contributed by atoms with Crippen LogP contribution in [-0.4, -0.2) is 0 Å². The average molecular weight is 349 g/mol. The second kappa shape index (κ2) is 5.60. The van der Waals surface area contributed by atoms with Gasteiger partial charge in [-0.15, -0.1) is 12.6 Å². The van der Waals surface area contributed by atoms with Gasteiger partial charge in [0.05, 0.1) is 10.5 Å². The lowest BCUT2D eigenvalue weighted by molar-refractivity contribution is -0.715. The lowest BCUT2D eigenvalue weighted by atomic mass is 9.76. The van der Waals surface area contributed by atoms with E-state index in [-0.39, 0.29) is 5.41 Å². The van der Waals surface area contributed by atoms with Crippen molar-refractivity contribution in [3.8, 4) is 11.3 Å². The fraction of sp³-hybridized carbons (Fsp3) is 0.348. The maximum absolute atomic E-state index is 4.81. The molecule has 0 N–H and O–H groups in total. The van der Waals surface area contributed by atoms with Crippen molar-refractivity contribution in [1.29, 1.82) is 0 Å². The average Bonchev–Trinajstić information content (AvgIpc) is 2.57. The second-order valence-corrected chi connectivity index (χ2v) is 8.84. The summed E-state index contributed by atoms with van der Waals surface area (Å²) in [4.78, 5) is 1.05. The Kier molecular flexibility index (Phi) is 3.73. The van der Waals surface area contributed by atoms with Gasteiger partial charge < -0.3 is 0 Å². The number of fused-ring (bicyclic) bond motifs is 5. The van der Waals surface area contributed by atoms with Gasteiger partial charge in [-0.2, -0.15) is 4.57 Å². The Morgan fingerprint density at radius 3 is 2.32 bits per heavy atom. The van der Waals surface area contributed by atoms with Crippen LogP contribution >= 0.6 is 12.6 Å². The Bertz CT molecular complexity index is 981. The number of benzene rings is 2. The van der Waals surface area contributed by atoms with Crippen LogP contribution in [0.4, 0.5) is 0 Å². The van der Waals surface area contributed by atoms with Gasteiger partial charge in [-0.1, -0.05) is 52.0 Å². The van der Waals surface area contributed by atoms with Crippen molar-refractivity contribution in [3.05, 3.63) is 59.8 Å². The Labute approximate surface area is 156 Å². The van der Waals surface area contributed by atoms with Crippen LogP contribution in [0.25, 0.3) is 22.0 Å². The highest BCUT2D eigenvalue weighted by atomic mass is 32.1. The van der Waals surface area contributed by atoms with Crippen molar-refractivity contribution in [2.24, 2.45) is 0 Å². The van der Waals surface area contributed by atoms with Crippen LogP contribution in [0.5, 0.6) is 0 Å². The minimum absolute atomic E-state index is 0.0946. The molecule has 2 unspecified atom stereocenters. The first kappa shape index (κ1) is 16.7. The van der Waals surface area contributed by atoms with Gasteiger partial charge in [-0.25, -0.2) is 0 Å². The van der Waals surface area contributed by atoms with Crippen molar-refractivity contribution in [2.45, 2.75) is 56.9 Å². The van der Waals surface area contributed by atoms with Crippen LogP contribution in [-0.2, 0) is 5.41 Å². The standard InChI is InChI=1S/C23H25NS/c1-14-15(2)24-12-8-11-20(25)22(24)18-13-19(23(3,4)5)16-9-6-7-10-17(16)21(14)18/h6-15H,1-5H3/p+1. The quantitative estimate of drug-likeness (QED) is 0.372. The van der Waals surface area contributed by atoms with Gasteiger partial charge >= 0.3 is 0 Å². The summed E-state index contributed by atoms with van der Waals surface area (Å²) in [7, 11) is 0. The number of aromatic nitrogens is 1. The minimum atomic E-state index is 0.0946. The first-order valence-corrected chi connectivity index (χ1v) is 9.55. The molecule has 0 fully saturated rings. The molecule has 2 atom stereocenters. The number of nitrogens with zero attached hydrogens (tertiary/aromatic N) is 1. The van der Waals surface area contributed by atoms with Crippen LogP contribution in [0.2, 0.25) is 0 Å². The molecule has 0 bridgehead atoms. The summed E-state index contributed by atoms with van der Waals surface area (Å²) in [5, 5.41) is 2.78. The summed E-state index contributed by atoms with van der Waals surface area (Å²) in [6, 6.07) is 15.9. The minimum Gasteiger partial charge on any atom is -0.194 e. The van der Waals surface area contributed by atoms with Gasteiger partial charge in [0.25, 0.3) is 0 Å². The van der Waals surface area contributed by atoms with E-state index in [1.165, 1.54) is 33.2 Å². The zero-order valence-corrected chi connectivity index (χ0v) is 16.6. The van der Waals surface area contributed by atoms with E-state index in [9.17, 15) is 0 Å². The van der Waals surface area contributed by atoms with Crippen molar-refractivity contribution >= 4 is 23.4 Å². The molecule has 1 aliphatic rings. The largest absolute Gasteiger partial charge is 0.226 e. The summed E-state index contributed by atoms with van der Waals surface area (Å²) >= 11 is 4.81. The molecule has 1 aliphatic heterocycles. The second-order valence-electron chi connectivity index (χ2n) is 8.36. The van der Waals surface area contributed by atoms with E-state index in [1.807, 2.05) is 0 Å². The topological polar surface area (TPSA) is 3.88 Å². The fourth-order valence-corrected chi connectivity index (χ4v) is 4.64. The molecule has 4 rings (SSSR count). The van der Waals surface area contributed by atoms with E-state index in [0.717, 1.165) is 4.90 Å². The van der Waals surface area contributed by atoms with Crippen LogP contribution in [0.3, 0.4) is 0 Å². The van der Waals surface area contributed by atoms with Crippen LogP contribution in [0, 0.1) is 0 Å².